The second-order valence-corrected chi connectivity index (χ2v) is 12.9. The maximum atomic E-state index is 12.9. The lowest BCUT2D eigenvalue weighted by Crippen LogP contribution is -2.57. The normalized spacial score (nSPS) is 14.5. The maximum Gasteiger partial charge on any atom is 0.326 e. The van der Waals surface area contributed by atoms with E-state index in [0.717, 1.165) is 57.8 Å². The third kappa shape index (κ3) is 20.5. The number of hydrazine groups is 1. The van der Waals surface area contributed by atoms with Crippen LogP contribution in [0.1, 0.15) is 157 Å². The fourth-order valence-electron chi connectivity index (χ4n) is 5.25. The summed E-state index contributed by atoms with van der Waals surface area (Å²) in [6.07, 6.45) is 15.5. The van der Waals surface area contributed by atoms with Gasteiger partial charge in [-0.2, -0.15) is 0 Å². The van der Waals surface area contributed by atoms with E-state index in [9.17, 15) is 39.0 Å². The summed E-state index contributed by atoms with van der Waals surface area (Å²) in [5, 5.41) is 21.2. The van der Waals surface area contributed by atoms with E-state index >= 15 is 0 Å². The van der Waals surface area contributed by atoms with E-state index in [0.29, 0.717) is 25.7 Å². The molecule has 0 bridgehead atoms. The van der Waals surface area contributed by atoms with Crippen LogP contribution in [0.2, 0.25) is 0 Å². The van der Waals surface area contributed by atoms with Crippen LogP contribution >= 0.6 is 0 Å². The molecule has 0 spiro atoms. The van der Waals surface area contributed by atoms with Crippen molar-refractivity contribution in [2.45, 2.75) is 175 Å². The molecule has 11 heteroatoms. The first-order valence-corrected chi connectivity index (χ1v) is 17.7. The van der Waals surface area contributed by atoms with Crippen molar-refractivity contribution in [3.8, 4) is 0 Å². The Bertz CT molecular complexity index is 926. The minimum atomic E-state index is -1.11. The Morgan fingerprint density at radius 1 is 0.565 bits per heavy atom. The van der Waals surface area contributed by atoms with Crippen LogP contribution < -0.4 is 16.2 Å². The van der Waals surface area contributed by atoms with E-state index in [2.05, 4.69) is 16.2 Å². The Labute approximate surface area is 276 Å². The van der Waals surface area contributed by atoms with Crippen LogP contribution in [0.25, 0.3) is 0 Å². The predicted octanol–water partition coefficient (Wildman–Crippen LogP) is 5.92. The number of unbranched alkanes of at least 4 members (excludes halogenated alkanes) is 12. The van der Waals surface area contributed by atoms with Gasteiger partial charge in [-0.1, -0.05) is 111 Å². The Morgan fingerprint density at radius 3 is 1.39 bits per heavy atom. The first-order valence-electron chi connectivity index (χ1n) is 17.7. The number of amides is 1. The summed E-state index contributed by atoms with van der Waals surface area (Å²) in [5.74, 6) is -3.59. The van der Waals surface area contributed by atoms with Crippen LogP contribution in [0, 0.1) is 11.8 Å². The largest absolute Gasteiger partial charge is 0.480 e. The predicted molar refractivity (Wildman–Crippen MR) is 179 cm³/mol. The molecular weight excluding hydrogens is 590 g/mol. The Kier molecular flexibility index (Phi) is 24.9. The van der Waals surface area contributed by atoms with Gasteiger partial charge in [-0.3, -0.25) is 19.2 Å². The van der Waals surface area contributed by atoms with Crippen molar-refractivity contribution in [2.24, 2.45) is 11.8 Å². The Hall–Kier alpha value is -2.66. The zero-order valence-electron chi connectivity index (χ0n) is 29.2. The molecule has 0 rings (SSSR count). The topological polar surface area (TPSA) is 179 Å². The summed E-state index contributed by atoms with van der Waals surface area (Å²) < 4.78 is 0. The average molecular weight is 654 g/mol. The monoisotopic (exact) mass is 653 g/mol. The average Bonchev–Trinajstić information content (AvgIpc) is 3.01. The molecule has 1 amide bonds. The molecule has 0 fully saturated rings. The number of carboxylic acid groups (broad SMARTS) is 2. The van der Waals surface area contributed by atoms with Crippen molar-refractivity contribution in [2.75, 3.05) is 0 Å². The van der Waals surface area contributed by atoms with Crippen molar-refractivity contribution in [1.82, 2.24) is 16.2 Å². The maximum absolute atomic E-state index is 12.9. The SMILES string of the molecule is CC[C@H](C)C(NNC(C(=O)C(=O)CCCCCCCCCCCCCCCC(=O)NC(CCC(C)=O)C(=O)O)[C@@H](C)CC)C(=O)O. The van der Waals surface area contributed by atoms with Crippen molar-refractivity contribution in [3.05, 3.63) is 0 Å². The molecule has 0 aliphatic heterocycles. The first kappa shape index (κ1) is 43.3. The fourth-order valence-corrected chi connectivity index (χ4v) is 5.25. The number of rotatable bonds is 31. The number of carbonyl (C=O) groups excluding carboxylic acids is 4. The highest BCUT2D eigenvalue weighted by Gasteiger charge is 2.31. The van der Waals surface area contributed by atoms with E-state index in [1.165, 1.54) is 26.2 Å². The zero-order chi connectivity index (χ0) is 34.9. The number of hydrogen-bond acceptors (Lipinski definition) is 8. The minimum absolute atomic E-state index is 0.0945. The molecule has 5 atom stereocenters. The standard InChI is InChI=1S/C35H63N3O8/c1-6-25(3)31(37-38-32(35(45)46)26(4)7-2)33(42)29(40)21-19-17-15-13-11-9-8-10-12-14-16-18-20-22-30(41)36-28(34(43)44)24-23-27(5)39/h25-26,28,31-32,37-38H,6-24H2,1-5H3,(H,36,41)(H,43,44)(H,45,46)/t25-,26-,28?,31?,32?/m0/s1. The molecule has 0 aliphatic carbocycles. The van der Waals surface area contributed by atoms with Gasteiger partial charge in [0, 0.05) is 19.3 Å². The van der Waals surface area contributed by atoms with Crippen molar-refractivity contribution >= 4 is 35.2 Å². The number of ketones is 3. The van der Waals surface area contributed by atoms with E-state index in [-0.39, 0.29) is 42.8 Å². The van der Waals surface area contributed by atoms with Crippen LogP contribution in [-0.2, 0) is 28.8 Å². The van der Waals surface area contributed by atoms with E-state index in [1.807, 2.05) is 27.7 Å². The van der Waals surface area contributed by atoms with Gasteiger partial charge in [-0.15, -0.1) is 0 Å². The van der Waals surface area contributed by atoms with Gasteiger partial charge in [-0.05, 0) is 38.0 Å². The molecule has 11 nitrogen and oxygen atoms in total. The molecule has 0 saturated heterocycles. The lowest BCUT2D eigenvalue weighted by molar-refractivity contribution is -0.142. The van der Waals surface area contributed by atoms with E-state index in [1.54, 1.807) is 0 Å². The van der Waals surface area contributed by atoms with Gasteiger partial charge in [-0.25, -0.2) is 15.6 Å². The quantitative estimate of drug-likeness (QED) is 0.0342. The van der Waals surface area contributed by atoms with Gasteiger partial charge in [0.25, 0.3) is 0 Å². The summed E-state index contributed by atoms with van der Waals surface area (Å²) >= 11 is 0. The molecule has 3 unspecified atom stereocenters. The van der Waals surface area contributed by atoms with Crippen LogP contribution in [-0.4, -0.2) is 63.5 Å². The van der Waals surface area contributed by atoms with Gasteiger partial charge in [0.2, 0.25) is 11.7 Å². The van der Waals surface area contributed by atoms with Crippen molar-refractivity contribution in [3.63, 3.8) is 0 Å². The van der Waals surface area contributed by atoms with Crippen LogP contribution in [0.4, 0.5) is 0 Å². The molecule has 266 valence electrons. The minimum Gasteiger partial charge on any atom is -0.480 e. The highest BCUT2D eigenvalue weighted by molar-refractivity contribution is 6.39. The number of carbonyl (C=O) groups is 6. The number of aliphatic carboxylic acids is 2. The lowest BCUT2D eigenvalue weighted by Gasteiger charge is -2.27. The van der Waals surface area contributed by atoms with Gasteiger partial charge < -0.3 is 20.3 Å². The first-order chi connectivity index (χ1) is 21.8. The summed E-state index contributed by atoms with van der Waals surface area (Å²) in [7, 11) is 0. The van der Waals surface area contributed by atoms with E-state index in [4.69, 9.17) is 0 Å². The molecule has 5 N–H and O–H groups in total. The summed E-state index contributed by atoms with van der Waals surface area (Å²) in [4.78, 5) is 71.5. The molecule has 0 radical (unpaired) electrons. The van der Waals surface area contributed by atoms with Crippen molar-refractivity contribution < 1.29 is 39.0 Å². The number of nitrogens with one attached hydrogen (secondary N) is 3. The molecule has 0 aromatic carbocycles. The number of hydrogen-bond donors (Lipinski definition) is 5. The molecule has 0 aliphatic rings. The summed E-state index contributed by atoms with van der Waals surface area (Å²) in [6, 6.07) is -2.60. The summed E-state index contributed by atoms with van der Waals surface area (Å²) in [5.41, 5.74) is 5.68. The van der Waals surface area contributed by atoms with Crippen molar-refractivity contribution in [1.29, 1.82) is 0 Å². The van der Waals surface area contributed by atoms with E-state index < -0.39 is 41.6 Å². The molecule has 0 aromatic heterocycles. The lowest BCUT2D eigenvalue weighted by atomic mass is 9.92. The molecular formula is C35H63N3O8. The third-order valence-corrected chi connectivity index (χ3v) is 8.87. The smallest absolute Gasteiger partial charge is 0.326 e. The fraction of sp³-hybridized carbons (Fsp3) is 0.829. The molecule has 0 aromatic rings. The molecule has 0 heterocycles. The molecule has 46 heavy (non-hydrogen) atoms. The highest BCUT2D eigenvalue weighted by atomic mass is 16.4. The molecule has 0 saturated carbocycles. The van der Waals surface area contributed by atoms with Crippen LogP contribution in [0.15, 0.2) is 0 Å². The van der Waals surface area contributed by atoms with Gasteiger partial charge >= 0.3 is 11.9 Å². The number of carboxylic acids is 2. The van der Waals surface area contributed by atoms with Crippen LogP contribution in [0.5, 0.6) is 0 Å². The Balaban J connectivity index is 3.97. The summed E-state index contributed by atoms with van der Waals surface area (Å²) in [6.45, 7) is 8.97. The van der Waals surface area contributed by atoms with Gasteiger partial charge in [0.15, 0.2) is 5.78 Å². The zero-order valence-corrected chi connectivity index (χ0v) is 29.2. The second-order valence-electron chi connectivity index (χ2n) is 12.9. The van der Waals surface area contributed by atoms with Gasteiger partial charge in [0.05, 0.1) is 6.04 Å². The Morgan fingerprint density at radius 2 is 0.978 bits per heavy atom. The third-order valence-electron chi connectivity index (χ3n) is 8.87. The highest BCUT2D eigenvalue weighted by Crippen LogP contribution is 2.15. The second kappa shape index (κ2) is 26.4. The number of Topliss-reactive ketones (excluding diaryl/α,β-unsaturated/α-hetero) is 3. The van der Waals surface area contributed by atoms with Gasteiger partial charge in [0.1, 0.15) is 17.9 Å². The van der Waals surface area contributed by atoms with Crippen LogP contribution in [0.3, 0.4) is 0 Å².